The van der Waals surface area contributed by atoms with Gasteiger partial charge in [-0.25, -0.2) is 0 Å². The van der Waals surface area contributed by atoms with Gasteiger partial charge in [0.1, 0.15) is 16.8 Å². The van der Waals surface area contributed by atoms with Crippen LogP contribution in [-0.4, -0.2) is 13.0 Å². The standard InChI is InChI=1S/C18H18N2O2S/c1-11-7-8-16-13(9-11)14(10-19)18(23-16)20-17(21)12-5-3-4-6-15(12)22-2/h3-6,11H,7-9H2,1-2H3,(H,20,21). The minimum absolute atomic E-state index is 0.245. The van der Waals surface area contributed by atoms with Crippen LogP contribution in [-0.2, 0) is 12.8 Å². The third-order valence-electron chi connectivity index (χ3n) is 4.20. The van der Waals surface area contributed by atoms with Crippen LogP contribution in [0.15, 0.2) is 24.3 Å². The van der Waals surface area contributed by atoms with Crippen LogP contribution in [0.25, 0.3) is 0 Å². The lowest BCUT2D eigenvalue weighted by molar-refractivity contribution is 0.102. The third kappa shape index (κ3) is 2.95. The molecule has 1 amide bonds. The Balaban J connectivity index is 1.92. The smallest absolute Gasteiger partial charge is 0.260 e. The summed E-state index contributed by atoms with van der Waals surface area (Å²) in [5, 5.41) is 13.1. The van der Waals surface area contributed by atoms with E-state index in [0.717, 1.165) is 24.8 Å². The highest BCUT2D eigenvalue weighted by atomic mass is 32.1. The molecule has 2 aromatic rings. The van der Waals surface area contributed by atoms with Crippen LogP contribution < -0.4 is 10.1 Å². The van der Waals surface area contributed by atoms with E-state index in [4.69, 9.17) is 4.74 Å². The van der Waals surface area contributed by atoms with Crippen LogP contribution in [0, 0.1) is 17.2 Å². The van der Waals surface area contributed by atoms with Crippen molar-refractivity contribution in [3.63, 3.8) is 0 Å². The molecule has 23 heavy (non-hydrogen) atoms. The van der Waals surface area contributed by atoms with Crippen molar-refractivity contribution >= 4 is 22.2 Å². The lowest BCUT2D eigenvalue weighted by Crippen LogP contribution is -2.13. The van der Waals surface area contributed by atoms with Crippen molar-refractivity contribution in [3.05, 3.63) is 45.8 Å². The highest BCUT2D eigenvalue weighted by molar-refractivity contribution is 7.16. The van der Waals surface area contributed by atoms with Gasteiger partial charge >= 0.3 is 0 Å². The first-order valence-electron chi connectivity index (χ1n) is 7.63. The van der Waals surface area contributed by atoms with Crippen LogP contribution >= 0.6 is 11.3 Å². The van der Waals surface area contributed by atoms with Crippen LogP contribution in [0.5, 0.6) is 5.75 Å². The van der Waals surface area contributed by atoms with E-state index in [1.807, 2.05) is 6.07 Å². The second kappa shape index (κ2) is 6.43. The highest BCUT2D eigenvalue weighted by Crippen LogP contribution is 2.39. The average molecular weight is 326 g/mol. The van der Waals surface area contributed by atoms with Gasteiger partial charge in [0.25, 0.3) is 5.91 Å². The predicted molar refractivity (Wildman–Crippen MR) is 91.2 cm³/mol. The van der Waals surface area contributed by atoms with Gasteiger partial charge in [-0.2, -0.15) is 5.26 Å². The summed E-state index contributed by atoms with van der Waals surface area (Å²) >= 11 is 1.53. The first-order chi connectivity index (χ1) is 11.1. The van der Waals surface area contributed by atoms with E-state index < -0.39 is 0 Å². The fraction of sp³-hybridized carbons (Fsp3) is 0.333. The van der Waals surface area contributed by atoms with Gasteiger partial charge in [0.2, 0.25) is 0 Å². The van der Waals surface area contributed by atoms with Crippen molar-refractivity contribution < 1.29 is 9.53 Å². The first kappa shape index (κ1) is 15.6. The Morgan fingerprint density at radius 1 is 1.43 bits per heavy atom. The van der Waals surface area contributed by atoms with Crippen molar-refractivity contribution in [1.29, 1.82) is 5.26 Å². The molecule has 0 radical (unpaired) electrons. The molecule has 0 fully saturated rings. The number of aryl methyl sites for hydroxylation is 1. The molecule has 0 saturated heterocycles. The Hall–Kier alpha value is -2.32. The van der Waals surface area contributed by atoms with E-state index in [2.05, 4.69) is 18.3 Å². The van der Waals surface area contributed by atoms with E-state index in [1.54, 1.807) is 18.2 Å². The summed E-state index contributed by atoms with van der Waals surface area (Å²) in [6, 6.07) is 9.36. The van der Waals surface area contributed by atoms with Crippen LogP contribution in [0.3, 0.4) is 0 Å². The average Bonchev–Trinajstić information content (AvgIpc) is 2.90. The summed E-state index contributed by atoms with van der Waals surface area (Å²) in [7, 11) is 1.54. The quantitative estimate of drug-likeness (QED) is 0.927. The number of benzene rings is 1. The fourth-order valence-electron chi connectivity index (χ4n) is 2.97. The highest BCUT2D eigenvalue weighted by Gasteiger charge is 2.25. The molecule has 5 heteroatoms. The lowest BCUT2D eigenvalue weighted by Gasteiger charge is -2.17. The van der Waals surface area contributed by atoms with E-state index >= 15 is 0 Å². The Kier molecular flexibility index (Phi) is 4.35. The first-order valence-corrected chi connectivity index (χ1v) is 8.44. The van der Waals surface area contributed by atoms with Gasteiger partial charge in [-0.1, -0.05) is 19.1 Å². The molecule has 1 aromatic carbocycles. The van der Waals surface area contributed by atoms with Crippen molar-refractivity contribution in [2.24, 2.45) is 5.92 Å². The Labute approximate surface area is 139 Å². The van der Waals surface area contributed by atoms with Crippen molar-refractivity contribution in [3.8, 4) is 11.8 Å². The zero-order chi connectivity index (χ0) is 16.4. The number of methoxy groups -OCH3 is 1. The summed E-state index contributed by atoms with van der Waals surface area (Å²) in [5.74, 6) is 0.867. The van der Waals surface area contributed by atoms with E-state index in [0.29, 0.717) is 27.8 Å². The molecule has 0 spiro atoms. The molecule has 1 aromatic heterocycles. The van der Waals surface area contributed by atoms with Crippen molar-refractivity contribution in [2.45, 2.75) is 26.2 Å². The number of thiophene rings is 1. The third-order valence-corrected chi connectivity index (χ3v) is 5.41. The maximum Gasteiger partial charge on any atom is 0.260 e. The van der Waals surface area contributed by atoms with Crippen molar-refractivity contribution in [1.82, 2.24) is 0 Å². The van der Waals surface area contributed by atoms with Gasteiger partial charge in [0.05, 0.1) is 18.2 Å². The summed E-state index contributed by atoms with van der Waals surface area (Å²) < 4.78 is 5.23. The molecule has 1 N–H and O–H groups in total. The molecule has 4 nitrogen and oxygen atoms in total. The Morgan fingerprint density at radius 3 is 2.96 bits per heavy atom. The zero-order valence-electron chi connectivity index (χ0n) is 13.2. The number of nitrogens with one attached hydrogen (secondary N) is 1. The molecule has 1 aliphatic carbocycles. The van der Waals surface area contributed by atoms with Gasteiger partial charge in [0, 0.05) is 4.88 Å². The number of rotatable bonds is 3. The molecular formula is C18H18N2O2S. The molecule has 1 atom stereocenters. The maximum atomic E-state index is 12.5. The molecule has 0 aliphatic heterocycles. The SMILES string of the molecule is COc1ccccc1C(=O)Nc1sc2c(c1C#N)CC(C)CC2. The van der Waals surface area contributed by atoms with Gasteiger partial charge in [-0.15, -0.1) is 11.3 Å². The number of hydrogen-bond acceptors (Lipinski definition) is 4. The second-order valence-electron chi connectivity index (χ2n) is 5.82. The van der Waals surface area contributed by atoms with Gasteiger partial charge in [0.15, 0.2) is 0 Å². The van der Waals surface area contributed by atoms with Crippen LogP contribution in [0.1, 0.15) is 39.7 Å². The Bertz CT molecular complexity index is 789. The number of carbonyl (C=O) groups is 1. The molecule has 118 valence electrons. The number of anilines is 1. The maximum absolute atomic E-state index is 12.5. The largest absolute Gasteiger partial charge is 0.496 e. The summed E-state index contributed by atoms with van der Waals surface area (Å²) in [5.41, 5.74) is 2.21. The van der Waals surface area contributed by atoms with Crippen LogP contribution in [0.2, 0.25) is 0 Å². The van der Waals surface area contributed by atoms with E-state index in [-0.39, 0.29) is 5.91 Å². The summed E-state index contributed by atoms with van der Waals surface area (Å²) in [6.45, 7) is 2.20. The lowest BCUT2D eigenvalue weighted by atomic mass is 9.88. The number of hydrogen-bond donors (Lipinski definition) is 1. The van der Waals surface area contributed by atoms with Gasteiger partial charge in [-0.05, 0) is 42.9 Å². The number of carbonyl (C=O) groups excluding carboxylic acids is 1. The number of ether oxygens (including phenoxy) is 1. The van der Waals surface area contributed by atoms with E-state index in [1.165, 1.54) is 23.3 Å². The molecule has 0 bridgehead atoms. The van der Waals surface area contributed by atoms with Crippen molar-refractivity contribution in [2.75, 3.05) is 12.4 Å². The molecule has 0 saturated carbocycles. The summed E-state index contributed by atoms with van der Waals surface area (Å²) in [6.07, 6.45) is 3.04. The number of fused-ring (bicyclic) bond motifs is 1. The topological polar surface area (TPSA) is 62.1 Å². The predicted octanol–water partition coefficient (Wildman–Crippen LogP) is 4.01. The number of nitriles is 1. The summed E-state index contributed by atoms with van der Waals surface area (Å²) in [4.78, 5) is 13.8. The molecule has 1 heterocycles. The molecule has 1 aliphatic rings. The molecule has 3 rings (SSSR count). The van der Waals surface area contributed by atoms with Crippen LogP contribution in [0.4, 0.5) is 5.00 Å². The fourth-order valence-corrected chi connectivity index (χ4v) is 4.16. The minimum Gasteiger partial charge on any atom is -0.496 e. The Morgan fingerprint density at radius 2 is 2.22 bits per heavy atom. The number of para-hydroxylation sites is 1. The van der Waals surface area contributed by atoms with E-state index in [9.17, 15) is 10.1 Å². The minimum atomic E-state index is -0.245. The van der Waals surface area contributed by atoms with Gasteiger partial charge in [-0.3, -0.25) is 4.79 Å². The van der Waals surface area contributed by atoms with Gasteiger partial charge < -0.3 is 10.1 Å². The molecular weight excluding hydrogens is 308 g/mol. The normalized spacial score (nSPS) is 16.3. The number of amides is 1. The monoisotopic (exact) mass is 326 g/mol. The second-order valence-corrected chi connectivity index (χ2v) is 6.93. The zero-order valence-corrected chi connectivity index (χ0v) is 14.0. The molecule has 1 unspecified atom stereocenters. The number of nitrogens with zero attached hydrogens (tertiary/aromatic N) is 1.